The summed E-state index contributed by atoms with van der Waals surface area (Å²) >= 11 is 0. The van der Waals surface area contributed by atoms with Gasteiger partial charge in [0.05, 0.1) is 23.1 Å². The molecule has 27 heavy (non-hydrogen) atoms. The molecule has 2 aromatic rings. The van der Waals surface area contributed by atoms with Gasteiger partial charge < -0.3 is 9.88 Å². The number of hydrogen-bond donors (Lipinski definition) is 1. The van der Waals surface area contributed by atoms with E-state index in [1.54, 1.807) is 18.2 Å². The molecule has 8 nitrogen and oxygen atoms in total. The lowest BCUT2D eigenvalue weighted by Gasteiger charge is -2.31. The van der Waals surface area contributed by atoms with Crippen molar-refractivity contribution in [3.63, 3.8) is 0 Å². The molecular formula is C17H21ClN6O2S. The number of nitrogens with one attached hydrogen (secondary N) is 1. The minimum Gasteiger partial charge on any atom is -0.312 e. The summed E-state index contributed by atoms with van der Waals surface area (Å²) in [6, 6.07) is 8.18. The molecule has 0 aliphatic carbocycles. The van der Waals surface area contributed by atoms with E-state index in [0.717, 1.165) is 44.1 Å². The van der Waals surface area contributed by atoms with Crippen molar-refractivity contribution in [2.75, 3.05) is 19.6 Å². The Labute approximate surface area is 164 Å². The monoisotopic (exact) mass is 408 g/mol. The summed E-state index contributed by atoms with van der Waals surface area (Å²) in [5, 5.41) is 20.9. The highest BCUT2D eigenvalue weighted by molar-refractivity contribution is 7.89. The quantitative estimate of drug-likeness (QED) is 0.819. The predicted molar refractivity (Wildman–Crippen MR) is 101 cm³/mol. The van der Waals surface area contributed by atoms with Crippen molar-refractivity contribution in [2.24, 2.45) is 0 Å². The number of nitriles is 1. The molecule has 0 bridgehead atoms. The fourth-order valence-electron chi connectivity index (χ4n) is 3.65. The molecule has 0 saturated carbocycles. The molecular weight excluding hydrogens is 388 g/mol. The highest BCUT2D eigenvalue weighted by Gasteiger charge is 2.32. The van der Waals surface area contributed by atoms with E-state index < -0.39 is 10.0 Å². The first kappa shape index (κ1) is 19.8. The normalized spacial score (nSPS) is 18.3. The highest BCUT2D eigenvalue weighted by atomic mass is 35.5. The first-order chi connectivity index (χ1) is 12.6. The van der Waals surface area contributed by atoms with Crippen LogP contribution >= 0.6 is 12.4 Å². The van der Waals surface area contributed by atoms with Gasteiger partial charge in [-0.15, -0.1) is 22.6 Å². The molecule has 1 fully saturated rings. The van der Waals surface area contributed by atoms with E-state index in [0.29, 0.717) is 18.7 Å². The standard InChI is InChI=1S/C17H20N6O2S.ClH/c18-11-13-2-1-3-15(10-13)26(24,25)22-7-4-14(5-8-22)17-21-20-16-12-19-6-9-23(16)17;/h1-3,10,14,19H,4-9,12H2;1H. The van der Waals surface area contributed by atoms with Crippen LogP contribution in [0.15, 0.2) is 29.2 Å². The molecule has 0 amide bonds. The molecule has 4 rings (SSSR count). The van der Waals surface area contributed by atoms with Gasteiger partial charge in [-0.25, -0.2) is 8.42 Å². The molecule has 144 valence electrons. The van der Waals surface area contributed by atoms with Crippen molar-refractivity contribution in [1.29, 1.82) is 5.26 Å². The first-order valence-electron chi connectivity index (χ1n) is 8.72. The van der Waals surface area contributed by atoms with Crippen LogP contribution in [-0.2, 0) is 23.1 Å². The molecule has 0 atom stereocenters. The topological polar surface area (TPSA) is 104 Å². The van der Waals surface area contributed by atoms with E-state index in [-0.39, 0.29) is 23.2 Å². The maximum Gasteiger partial charge on any atom is 0.243 e. The largest absolute Gasteiger partial charge is 0.312 e. The van der Waals surface area contributed by atoms with Crippen molar-refractivity contribution in [3.8, 4) is 6.07 Å². The Morgan fingerprint density at radius 3 is 2.70 bits per heavy atom. The molecule has 2 aliphatic heterocycles. The number of fused-ring (bicyclic) bond motifs is 1. The van der Waals surface area contributed by atoms with Crippen LogP contribution in [-0.4, -0.2) is 47.1 Å². The lowest BCUT2D eigenvalue weighted by atomic mass is 9.97. The second-order valence-corrected chi connectivity index (χ2v) is 8.56. The Morgan fingerprint density at radius 2 is 1.96 bits per heavy atom. The molecule has 1 N–H and O–H groups in total. The number of aromatic nitrogens is 3. The maximum absolute atomic E-state index is 12.9. The Kier molecular flexibility index (Phi) is 5.81. The molecule has 0 radical (unpaired) electrons. The Hall–Kier alpha value is -1.99. The Balaban J connectivity index is 0.00000210. The second-order valence-electron chi connectivity index (χ2n) is 6.62. The van der Waals surface area contributed by atoms with Gasteiger partial charge in [-0.05, 0) is 31.0 Å². The average Bonchev–Trinajstić information content (AvgIpc) is 3.12. The summed E-state index contributed by atoms with van der Waals surface area (Å²) in [5.74, 6) is 2.16. The number of halogens is 1. The minimum absolute atomic E-state index is 0. The van der Waals surface area contributed by atoms with Crippen LogP contribution in [0, 0.1) is 11.3 Å². The van der Waals surface area contributed by atoms with Crippen LogP contribution in [0.5, 0.6) is 0 Å². The van der Waals surface area contributed by atoms with Crippen molar-refractivity contribution in [1.82, 2.24) is 24.4 Å². The number of benzene rings is 1. The Morgan fingerprint density at radius 1 is 1.19 bits per heavy atom. The zero-order valence-corrected chi connectivity index (χ0v) is 16.3. The van der Waals surface area contributed by atoms with Crippen LogP contribution in [0.1, 0.15) is 36.0 Å². The minimum atomic E-state index is -3.57. The van der Waals surface area contributed by atoms with Crippen molar-refractivity contribution in [2.45, 2.75) is 36.7 Å². The first-order valence-corrected chi connectivity index (χ1v) is 10.2. The van der Waals surface area contributed by atoms with Gasteiger partial charge in [-0.1, -0.05) is 6.07 Å². The fourth-order valence-corrected chi connectivity index (χ4v) is 5.16. The lowest BCUT2D eigenvalue weighted by Crippen LogP contribution is -2.38. The van der Waals surface area contributed by atoms with Crippen LogP contribution < -0.4 is 5.32 Å². The molecule has 1 aromatic carbocycles. The lowest BCUT2D eigenvalue weighted by molar-refractivity contribution is 0.307. The van der Waals surface area contributed by atoms with Gasteiger partial charge in [-0.2, -0.15) is 9.57 Å². The van der Waals surface area contributed by atoms with E-state index in [4.69, 9.17) is 5.26 Å². The van der Waals surface area contributed by atoms with Crippen LogP contribution in [0.4, 0.5) is 0 Å². The summed E-state index contributed by atoms with van der Waals surface area (Å²) < 4.78 is 29.4. The predicted octanol–water partition coefficient (Wildman–Crippen LogP) is 1.24. The SMILES string of the molecule is Cl.N#Cc1cccc(S(=O)(=O)N2CCC(c3nnc4n3CCNC4)CC2)c1. The summed E-state index contributed by atoms with van der Waals surface area (Å²) in [7, 11) is -3.57. The van der Waals surface area contributed by atoms with Gasteiger partial charge in [0.15, 0.2) is 0 Å². The second kappa shape index (κ2) is 7.94. The number of nitrogens with zero attached hydrogens (tertiary/aromatic N) is 5. The molecule has 3 heterocycles. The third-order valence-corrected chi connectivity index (χ3v) is 6.97. The van der Waals surface area contributed by atoms with Crippen LogP contribution in [0.2, 0.25) is 0 Å². The van der Waals surface area contributed by atoms with Crippen LogP contribution in [0.25, 0.3) is 0 Å². The van der Waals surface area contributed by atoms with Gasteiger partial charge >= 0.3 is 0 Å². The summed E-state index contributed by atoms with van der Waals surface area (Å²) in [4.78, 5) is 0.181. The van der Waals surface area contributed by atoms with Gasteiger partial charge in [0.25, 0.3) is 0 Å². The van der Waals surface area contributed by atoms with E-state index in [9.17, 15) is 8.42 Å². The number of rotatable bonds is 3. The molecule has 0 unspecified atom stereocenters. The maximum atomic E-state index is 12.9. The number of hydrogen-bond acceptors (Lipinski definition) is 6. The van der Waals surface area contributed by atoms with Crippen molar-refractivity contribution < 1.29 is 8.42 Å². The zero-order chi connectivity index (χ0) is 18.1. The summed E-state index contributed by atoms with van der Waals surface area (Å²) in [6.07, 6.45) is 1.45. The fraction of sp³-hybridized carbons (Fsp3) is 0.471. The third-order valence-electron chi connectivity index (χ3n) is 5.07. The van der Waals surface area contributed by atoms with E-state index >= 15 is 0 Å². The summed E-state index contributed by atoms with van der Waals surface area (Å²) in [6.45, 7) is 3.39. The third kappa shape index (κ3) is 3.71. The van der Waals surface area contributed by atoms with Crippen molar-refractivity contribution >= 4 is 22.4 Å². The van der Waals surface area contributed by atoms with Gasteiger partial charge in [-0.3, -0.25) is 0 Å². The van der Waals surface area contributed by atoms with Gasteiger partial charge in [0, 0.05) is 32.1 Å². The van der Waals surface area contributed by atoms with E-state index in [2.05, 4.69) is 20.1 Å². The molecule has 0 spiro atoms. The van der Waals surface area contributed by atoms with E-state index in [1.165, 1.54) is 10.4 Å². The van der Waals surface area contributed by atoms with Gasteiger partial charge in [0.1, 0.15) is 11.6 Å². The average molecular weight is 409 g/mol. The number of sulfonamides is 1. The molecule has 1 saturated heterocycles. The zero-order valence-electron chi connectivity index (χ0n) is 14.7. The number of piperidine rings is 1. The molecule has 2 aliphatic rings. The van der Waals surface area contributed by atoms with Crippen LogP contribution in [0.3, 0.4) is 0 Å². The highest BCUT2D eigenvalue weighted by Crippen LogP contribution is 2.30. The molecule has 1 aromatic heterocycles. The smallest absolute Gasteiger partial charge is 0.243 e. The summed E-state index contributed by atoms with van der Waals surface area (Å²) in [5.41, 5.74) is 0.352. The molecule has 10 heteroatoms. The Bertz CT molecular complexity index is 960. The van der Waals surface area contributed by atoms with E-state index in [1.807, 2.05) is 6.07 Å². The van der Waals surface area contributed by atoms with Gasteiger partial charge in [0.2, 0.25) is 10.0 Å². The van der Waals surface area contributed by atoms with Crippen molar-refractivity contribution in [3.05, 3.63) is 41.5 Å².